The zero-order chi connectivity index (χ0) is 11.1. The highest BCUT2D eigenvalue weighted by Crippen LogP contribution is 2.28. The molecule has 0 aliphatic heterocycles. The molecule has 0 bridgehead atoms. The van der Waals surface area contributed by atoms with Crippen LogP contribution in [-0.4, -0.2) is 31.8 Å². The third kappa shape index (κ3) is 3.49. The highest BCUT2D eigenvalue weighted by Gasteiger charge is 2.33. The van der Waals surface area contributed by atoms with Crippen molar-refractivity contribution in [3.05, 3.63) is 0 Å². The molecule has 0 saturated heterocycles. The van der Waals surface area contributed by atoms with Crippen LogP contribution in [0.15, 0.2) is 0 Å². The minimum Gasteiger partial charge on any atom is -0.381 e. The molecule has 3 N–H and O–H groups in total. The van der Waals surface area contributed by atoms with Crippen molar-refractivity contribution in [1.82, 2.24) is 5.32 Å². The maximum atomic E-state index is 5.86. The van der Waals surface area contributed by atoms with Gasteiger partial charge in [-0.2, -0.15) is 0 Å². The van der Waals surface area contributed by atoms with E-state index < -0.39 is 0 Å². The summed E-state index contributed by atoms with van der Waals surface area (Å²) in [5.41, 5.74) is 5.95. The van der Waals surface area contributed by atoms with Crippen molar-refractivity contribution < 1.29 is 4.74 Å². The van der Waals surface area contributed by atoms with Crippen LogP contribution in [0.1, 0.15) is 32.6 Å². The molecule has 0 spiro atoms. The second kappa shape index (κ2) is 6.12. The van der Waals surface area contributed by atoms with Crippen molar-refractivity contribution in [1.29, 1.82) is 0 Å². The molecule has 1 rings (SSSR count). The Kier molecular flexibility index (Phi) is 5.10. The zero-order valence-electron chi connectivity index (χ0n) is 9.81. The molecule has 1 fully saturated rings. The van der Waals surface area contributed by atoms with Gasteiger partial charge in [0.1, 0.15) is 0 Å². The molecule has 86 valence electrons. The topological polar surface area (TPSA) is 47.3 Å². The van der Waals surface area contributed by atoms with Gasteiger partial charge in [0.2, 0.25) is 0 Å². The van der Waals surface area contributed by atoms with Crippen molar-refractivity contribution in [3.63, 3.8) is 0 Å². The summed E-state index contributed by atoms with van der Waals surface area (Å²) in [5.74, 6) is 5.92. The minimum absolute atomic E-state index is 0.0961. The first kappa shape index (κ1) is 12.5. The highest BCUT2D eigenvalue weighted by atomic mass is 16.5. The smallest absolute Gasteiger partial charge is 0.0581 e. The molecule has 0 radical (unpaired) electrons. The van der Waals surface area contributed by atoms with Gasteiger partial charge in [0, 0.05) is 19.2 Å². The van der Waals surface area contributed by atoms with Crippen LogP contribution in [0.5, 0.6) is 0 Å². The van der Waals surface area contributed by atoms with Gasteiger partial charge in [-0.1, -0.05) is 5.92 Å². The van der Waals surface area contributed by atoms with Crippen molar-refractivity contribution in [2.24, 2.45) is 5.73 Å². The summed E-state index contributed by atoms with van der Waals surface area (Å²) in [5, 5.41) is 3.48. The van der Waals surface area contributed by atoms with Gasteiger partial charge in [-0.05, 0) is 32.6 Å². The number of hydrogen-bond acceptors (Lipinski definition) is 3. The second-order valence-electron chi connectivity index (χ2n) is 4.20. The van der Waals surface area contributed by atoms with Crippen LogP contribution in [-0.2, 0) is 4.74 Å². The van der Waals surface area contributed by atoms with E-state index in [9.17, 15) is 0 Å². The zero-order valence-corrected chi connectivity index (χ0v) is 9.81. The maximum absolute atomic E-state index is 5.86. The fraction of sp³-hybridized carbons (Fsp3) is 0.833. The molecular weight excluding hydrogens is 188 g/mol. The monoisotopic (exact) mass is 210 g/mol. The summed E-state index contributed by atoms with van der Waals surface area (Å²) >= 11 is 0. The molecule has 0 amide bonds. The Hall–Kier alpha value is -0.560. The summed E-state index contributed by atoms with van der Waals surface area (Å²) < 4.78 is 5.36. The van der Waals surface area contributed by atoms with Gasteiger partial charge in [0.25, 0.3) is 0 Å². The third-order valence-corrected chi connectivity index (χ3v) is 3.34. The minimum atomic E-state index is 0.0961. The normalized spacial score (nSPS) is 30.7. The van der Waals surface area contributed by atoms with Crippen LogP contribution < -0.4 is 11.1 Å². The number of nitrogens with one attached hydrogen (secondary N) is 1. The fourth-order valence-electron chi connectivity index (χ4n) is 2.15. The molecule has 15 heavy (non-hydrogen) atoms. The first-order chi connectivity index (χ1) is 7.26. The standard InChI is InChI=1S/C12H22N2O/c1-3-4-9-14-12(10-13)7-5-11(15-2)6-8-12/h11,14H,5-10,13H2,1-2H3. The van der Waals surface area contributed by atoms with E-state index in [0.29, 0.717) is 12.6 Å². The quantitative estimate of drug-likeness (QED) is 0.677. The Morgan fingerprint density at radius 1 is 1.47 bits per heavy atom. The molecule has 3 heteroatoms. The molecule has 0 heterocycles. The lowest BCUT2D eigenvalue weighted by Gasteiger charge is -2.39. The third-order valence-electron chi connectivity index (χ3n) is 3.34. The Morgan fingerprint density at radius 3 is 2.60 bits per heavy atom. The first-order valence-corrected chi connectivity index (χ1v) is 5.64. The van der Waals surface area contributed by atoms with E-state index in [1.807, 2.05) is 6.92 Å². The highest BCUT2D eigenvalue weighted by molar-refractivity contribution is 5.02. The van der Waals surface area contributed by atoms with E-state index in [4.69, 9.17) is 10.5 Å². The van der Waals surface area contributed by atoms with E-state index in [1.165, 1.54) is 0 Å². The molecule has 0 aromatic rings. The van der Waals surface area contributed by atoms with E-state index >= 15 is 0 Å². The summed E-state index contributed by atoms with van der Waals surface area (Å²) in [7, 11) is 1.79. The SMILES string of the molecule is CC#CCNC1(CN)CCC(OC)CC1. The number of rotatable bonds is 4. The number of nitrogens with two attached hydrogens (primary N) is 1. The Balaban J connectivity index is 2.43. The summed E-state index contributed by atoms with van der Waals surface area (Å²) in [6, 6.07) is 0. The van der Waals surface area contributed by atoms with E-state index in [0.717, 1.165) is 32.2 Å². The Morgan fingerprint density at radius 2 is 2.13 bits per heavy atom. The first-order valence-electron chi connectivity index (χ1n) is 5.64. The van der Waals surface area contributed by atoms with Crippen molar-refractivity contribution in [2.45, 2.75) is 44.2 Å². The Bertz CT molecular complexity index is 234. The molecule has 0 aromatic carbocycles. The average Bonchev–Trinajstić information content (AvgIpc) is 2.30. The van der Waals surface area contributed by atoms with Crippen molar-refractivity contribution in [3.8, 4) is 11.8 Å². The van der Waals surface area contributed by atoms with Gasteiger partial charge < -0.3 is 10.5 Å². The predicted molar refractivity (Wildman–Crippen MR) is 62.5 cm³/mol. The van der Waals surface area contributed by atoms with Gasteiger partial charge in [0.15, 0.2) is 0 Å². The fourth-order valence-corrected chi connectivity index (χ4v) is 2.15. The van der Waals surface area contributed by atoms with Gasteiger partial charge in [-0.25, -0.2) is 0 Å². The van der Waals surface area contributed by atoms with Crippen LogP contribution in [0.2, 0.25) is 0 Å². The van der Waals surface area contributed by atoms with Gasteiger partial charge in [0.05, 0.1) is 12.6 Å². The van der Waals surface area contributed by atoms with E-state index in [2.05, 4.69) is 17.2 Å². The largest absolute Gasteiger partial charge is 0.381 e. The molecule has 0 atom stereocenters. The number of hydrogen-bond donors (Lipinski definition) is 2. The molecule has 1 aliphatic carbocycles. The van der Waals surface area contributed by atoms with E-state index in [-0.39, 0.29) is 5.54 Å². The van der Waals surface area contributed by atoms with Crippen LogP contribution in [0.3, 0.4) is 0 Å². The van der Waals surface area contributed by atoms with Crippen molar-refractivity contribution >= 4 is 0 Å². The molecule has 1 saturated carbocycles. The van der Waals surface area contributed by atoms with E-state index in [1.54, 1.807) is 7.11 Å². The van der Waals surface area contributed by atoms with Gasteiger partial charge in [-0.15, -0.1) is 5.92 Å². The van der Waals surface area contributed by atoms with Crippen LogP contribution in [0.25, 0.3) is 0 Å². The van der Waals surface area contributed by atoms with Crippen molar-refractivity contribution in [2.75, 3.05) is 20.2 Å². The predicted octanol–water partition coefficient (Wildman–Crippen LogP) is 0.886. The second-order valence-corrected chi connectivity index (χ2v) is 4.20. The molecule has 1 aliphatic rings. The lowest BCUT2D eigenvalue weighted by molar-refractivity contribution is 0.0442. The molecular formula is C12H22N2O. The lowest BCUT2D eigenvalue weighted by atomic mass is 9.80. The maximum Gasteiger partial charge on any atom is 0.0581 e. The summed E-state index contributed by atoms with van der Waals surface area (Å²) in [6.07, 6.45) is 4.80. The van der Waals surface area contributed by atoms with Crippen LogP contribution >= 0.6 is 0 Å². The average molecular weight is 210 g/mol. The number of methoxy groups -OCH3 is 1. The molecule has 3 nitrogen and oxygen atoms in total. The molecule has 0 unspecified atom stereocenters. The summed E-state index contributed by atoms with van der Waals surface area (Å²) in [4.78, 5) is 0. The van der Waals surface area contributed by atoms with Gasteiger partial charge >= 0.3 is 0 Å². The van der Waals surface area contributed by atoms with Gasteiger partial charge in [-0.3, -0.25) is 5.32 Å². The molecule has 0 aromatic heterocycles. The van der Waals surface area contributed by atoms with Crippen LogP contribution in [0, 0.1) is 11.8 Å². The Labute approximate surface area is 92.8 Å². The summed E-state index contributed by atoms with van der Waals surface area (Å²) in [6.45, 7) is 3.29. The number of ether oxygens (including phenoxy) is 1. The lowest BCUT2D eigenvalue weighted by Crippen LogP contribution is -2.54. The van der Waals surface area contributed by atoms with Crippen LogP contribution in [0.4, 0.5) is 0 Å².